The molecular formula is C16H18N4O2S. The number of para-hydroxylation sites is 1. The maximum atomic E-state index is 12.3. The Morgan fingerprint density at radius 3 is 2.52 bits per heavy atom. The van der Waals surface area contributed by atoms with E-state index in [2.05, 4.69) is 9.97 Å². The average molecular weight is 330 g/mol. The minimum absolute atomic E-state index is 0.0685. The third-order valence-electron chi connectivity index (χ3n) is 3.92. The highest BCUT2D eigenvalue weighted by molar-refractivity contribution is 8.00. The fourth-order valence-corrected chi connectivity index (χ4v) is 3.48. The number of nitrogens with zero attached hydrogens (tertiary/aromatic N) is 4. The van der Waals surface area contributed by atoms with E-state index in [9.17, 15) is 9.59 Å². The van der Waals surface area contributed by atoms with E-state index >= 15 is 0 Å². The second-order valence-corrected chi connectivity index (χ2v) is 6.34. The van der Waals surface area contributed by atoms with Crippen LogP contribution in [0.4, 0.5) is 0 Å². The van der Waals surface area contributed by atoms with Gasteiger partial charge in [0.25, 0.3) is 0 Å². The van der Waals surface area contributed by atoms with E-state index in [0.29, 0.717) is 31.9 Å². The summed E-state index contributed by atoms with van der Waals surface area (Å²) in [6.07, 6.45) is 1.53. The van der Waals surface area contributed by atoms with Crippen LogP contribution in [0.25, 0.3) is 10.9 Å². The Bertz CT molecular complexity index is 724. The minimum Gasteiger partial charge on any atom is -0.339 e. The largest absolute Gasteiger partial charge is 0.339 e. The molecular weight excluding hydrogens is 312 g/mol. The Balaban J connectivity index is 1.60. The zero-order chi connectivity index (χ0) is 16.2. The fourth-order valence-electron chi connectivity index (χ4n) is 2.59. The van der Waals surface area contributed by atoms with E-state index in [1.165, 1.54) is 18.1 Å². The highest BCUT2D eigenvalue weighted by atomic mass is 32.2. The van der Waals surface area contributed by atoms with Gasteiger partial charge in [-0.1, -0.05) is 30.0 Å². The van der Waals surface area contributed by atoms with Crippen LogP contribution in [0.2, 0.25) is 0 Å². The molecule has 0 spiro atoms. The van der Waals surface area contributed by atoms with Crippen molar-refractivity contribution in [1.29, 1.82) is 0 Å². The Morgan fingerprint density at radius 1 is 1.09 bits per heavy atom. The van der Waals surface area contributed by atoms with Crippen LogP contribution in [-0.4, -0.2) is 63.5 Å². The molecule has 7 heteroatoms. The van der Waals surface area contributed by atoms with E-state index < -0.39 is 0 Å². The first kappa shape index (κ1) is 15.7. The average Bonchev–Trinajstić information content (AvgIpc) is 2.59. The number of fused-ring (bicyclic) bond motifs is 1. The highest BCUT2D eigenvalue weighted by Gasteiger charge is 2.22. The first-order valence-electron chi connectivity index (χ1n) is 7.51. The number of amides is 2. The molecule has 0 saturated carbocycles. The van der Waals surface area contributed by atoms with Crippen molar-refractivity contribution in [3.8, 4) is 0 Å². The summed E-state index contributed by atoms with van der Waals surface area (Å²) < 4.78 is 0. The van der Waals surface area contributed by atoms with Crippen LogP contribution in [0.1, 0.15) is 6.92 Å². The van der Waals surface area contributed by atoms with E-state index in [1.54, 1.807) is 11.8 Å². The molecule has 0 radical (unpaired) electrons. The predicted molar refractivity (Wildman–Crippen MR) is 89.1 cm³/mol. The van der Waals surface area contributed by atoms with Crippen LogP contribution >= 0.6 is 11.8 Å². The number of hydrogen-bond donors (Lipinski definition) is 0. The van der Waals surface area contributed by atoms with Gasteiger partial charge < -0.3 is 9.80 Å². The molecule has 6 nitrogen and oxygen atoms in total. The third-order valence-corrected chi connectivity index (χ3v) is 4.91. The molecule has 3 rings (SSSR count). The van der Waals surface area contributed by atoms with Gasteiger partial charge in [0.15, 0.2) is 0 Å². The molecule has 1 fully saturated rings. The van der Waals surface area contributed by atoms with Crippen LogP contribution in [0.5, 0.6) is 0 Å². The van der Waals surface area contributed by atoms with E-state index in [-0.39, 0.29) is 11.8 Å². The lowest BCUT2D eigenvalue weighted by molar-refractivity contribution is -0.136. The summed E-state index contributed by atoms with van der Waals surface area (Å²) in [5, 5.41) is 1.79. The van der Waals surface area contributed by atoms with Crippen molar-refractivity contribution in [3.05, 3.63) is 30.6 Å². The second kappa shape index (κ2) is 6.95. The number of carbonyl (C=O) groups excluding carboxylic acids is 2. The zero-order valence-electron chi connectivity index (χ0n) is 12.9. The van der Waals surface area contributed by atoms with Gasteiger partial charge in [-0.2, -0.15) is 0 Å². The van der Waals surface area contributed by atoms with Crippen molar-refractivity contribution in [3.63, 3.8) is 0 Å². The van der Waals surface area contributed by atoms with Crippen LogP contribution < -0.4 is 0 Å². The van der Waals surface area contributed by atoms with Crippen molar-refractivity contribution in [1.82, 2.24) is 19.8 Å². The van der Waals surface area contributed by atoms with Gasteiger partial charge in [-0.05, 0) is 6.07 Å². The molecule has 2 heterocycles. The molecule has 1 aromatic heterocycles. The van der Waals surface area contributed by atoms with Crippen molar-refractivity contribution in [2.24, 2.45) is 0 Å². The summed E-state index contributed by atoms with van der Waals surface area (Å²) >= 11 is 1.44. The Hall–Kier alpha value is -2.15. The molecule has 1 aliphatic heterocycles. The Kier molecular flexibility index (Phi) is 4.76. The summed E-state index contributed by atoms with van der Waals surface area (Å²) in [7, 11) is 0. The smallest absolute Gasteiger partial charge is 0.233 e. The van der Waals surface area contributed by atoms with Gasteiger partial charge in [0, 0.05) is 38.5 Å². The molecule has 0 aliphatic carbocycles. The van der Waals surface area contributed by atoms with Gasteiger partial charge >= 0.3 is 0 Å². The molecule has 23 heavy (non-hydrogen) atoms. The first-order valence-corrected chi connectivity index (χ1v) is 8.49. The molecule has 2 amide bonds. The van der Waals surface area contributed by atoms with Crippen molar-refractivity contribution in [2.45, 2.75) is 11.9 Å². The van der Waals surface area contributed by atoms with Crippen LogP contribution in [-0.2, 0) is 9.59 Å². The standard InChI is InChI=1S/C16H18N4O2S/c1-12(21)19-6-8-20(9-7-19)15(22)10-23-16-13-4-2-3-5-14(13)17-11-18-16/h2-5,11H,6-10H2,1H3. The lowest BCUT2D eigenvalue weighted by Gasteiger charge is -2.34. The molecule has 0 bridgehead atoms. The van der Waals surface area contributed by atoms with Crippen molar-refractivity contribution in [2.75, 3.05) is 31.9 Å². The van der Waals surface area contributed by atoms with Crippen molar-refractivity contribution >= 4 is 34.5 Å². The van der Waals surface area contributed by atoms with Gasteiger partial charge in [0.1, 0.15) is 11.4 Å². The van der Waals surface area contributed by atoms with E-state index in [0.717, 1.165) is 15.9 Å². The summed E-state index contributed by atoms with van der Waals surface area (Å²) in [4.78, 5) is 35.8. The minimum atomic E-state index is 0.0685. The van der Waals surface area contributed by atoms with Gasteiger partial charge in [-0.15, -0.1) is 0 Å². The number of aromatic nitrogens is 2. The van der Waals surface area contributed by atoms with E-state index in [1.807, 2.05) is 29.2 Å². The third kappa shape index (κ3) is 3.61. The molecule has 2 aromatic rings. The Labute approximate surface area is 138 Å². The fraction of sp³-hybridized carbons (Fsp3) is 0.375. The Morgan fingerprint density at radius 2 is 1.78 bits per heavy atom. The summed E-state index contributed by atoms with van der Waals surface area (Å²) in [6.45, 7) is 3.99. The van der Waals surface area contributed by atoms with Crippen LogP contribution in [0, 0.1) is 0 Å². The van der Waals surface area contributed by atoms with E-state index in [4.69, 9.17) is 0 Å². The molecule has 1 saturated heterocycles. The second-order valence-electron chi connectivity index (χ2n) is 5.37. The number of hydrogen-bond acceptors (Lipinski definition) is 5. The van der Waals surface area contributed by atoms with Gasteiger partial charge in [-0.3, -0.25) is 9.59 Å². The number of carbonyl (C=O) groups is 2. The maximum Gasteiger partial charge on any atom is 0.233 e. The highest BCUT2D eigenvalue weighted by Crippen LogP contribution is 2.24. The number of rotatable bonds is 3. The molecule has 120 valence electrons. The van der Waals surface area contributed by atoms with Crippen LogP contribution in [0.15, 0.2) is 35.6 Å². The summed E-state index contributed by atoms with van der Waals surface area (Å²) in [5.74, 6) is 0.501. The summed E-state index contributed by atoms with van der Waals surface area (Å²) in [6, 6.07) is 7.78. The van der Waals surface area contributed by atoms with Gasteiger partial charge in [0.05, 0.1) is 11.3 Å². The predicted octanol–water partition coefficient (Wildman–Crippen LogP) is 1.41. The monoisotopic (exact) mass is 330 g/mol. The van der Waals surface area contributed by atoms with Gasteiger partial charge in [-0.25, -0.2) is 9.97 Å². The number of benzene rings is 1. The van der Waals surface area contributed by atoms with Gasteiger partial charge in [0.2, 0.25) is 11.8 Å². The molecule has 0 N–H and O–H groups in total. The summed E-state index contributed by atoms with van der Waals surface area (Å²) in [5.41, 5.74) is 0.882. The number of piperazine rings is 1. The van der Waals surface area contributed by atoms with Crippen molar-refractivity contribution < 1.29 is 9.59 Å². The normalized spacial score (nSPS) is 15.0. The SMILES string of the molecule is CC(=O)N1CCN(C(=O)CSc2ncnc3ccccc23)CC1. The maximum absolute atomic E-state index is 12.3. The lowest BCUT2D eigenvalue weighted by atomic mass is 10.2. The molecule has 1 aromatic carbocycles. The topological polar surface area (TPSA) is 66.4 Å². The first-order chi connectivity index (χ1) is 11.1. The van der Waals surface area contributed by atoms with Crippen LogP contribution in [0.3, 0.4) is 0 Å². The lowest BCUT2D eigenvalue weighted by Crippen LogP contribution is -2.50. The zero-order valence-corrected chi connectivity index (χ0v) is 13.8. The number of thioether (sulfide) groups is 1. The molecule has 0 atom stereocenters. The molecule has 0 unspecified atom stereocenters. The quantitative estimate of drug-likeness (QED) is 0.629. The molecule has 1 aliphatic rings.